The number of aliphatic hydroxyl groups is 1. The normalized spacial score (nSPS) is 12.7. The van der Waals surface area contributed by atoms with Gasteiger partial charge < -0.3 is 14.6 Å². The molecule has 0 aliphatic rings. The van der Waals surface area contributed by atoms with Crippen molar-refractivity contribution in [2.24, 2.45) is 0 Å². The van der Waals surface area contributed by atoms with E-state index in [1.807, 2.05) is 18.2 Å². The molecular weight excluding hydrogens is 204 g/mol. The first-order chi connectivity index (χ1) is 7.77. The van der Waals surface area contributed by atoms with Crippen LogP contribution in [-0.4, -0.2) is 32.0 Å². The molecule has 0 saturated heterocycles. The van der Waals surface area contributed by atoms with E-state index in [1.54, 1.807) is 7.11 Å². The highest BCUT2D eigenvalue weighted by Gasteiger charge is 2.07. The molecule has 0 radical (unpaired) electrons. The van der Waals surface area contributed by atoms with Crippen LogP contribution >= 0.6 is 0 Å². The Bertz CT molecular complexity index is 299. The lowest BCUT2D eigenvalue weighted by atomic mass is 10.1. The Balaban J connectivity index is 2.42. The van der Waals surface area contributed by atoms with Crippen LogP contribution < -0.4 is 0 Å². The summed E-state index contributed by atoms with van der Waals surface area (Å²) in [7, 11) is 1.63. The zero-order chi connectivity index (χ0) is 11.8. The third-order valence-corrected chi connectivity index (χ3v) is 2.45. The van der Waals surface area contributed by atoms with Crippen molar-refractivity contribution in [3.05, 3.63) is 35.4 Å². The molecule has 1 rings (SSSR count). The molecule has 0 aliphatic carbocycles. The maximum atomic E-state index is 9.87. The van der Waals surface area contributed by atoms with Crippen LogP contribution in [0.2, 0.25) is 0 Å². The SMILES string of the molecule is CCc1cccc(C(O)COCCOC)c1. The third-order valence-electron chi connectivity index (χ3n) is 2.45. The highest BCUT2D eigenvalue weighted by Crippen LogP contribution is 2.15. The molecule has 1 atom stereocenters. The molecule has 16 heavy (non-hydrogen) atoms. The predicted octanol–water partition coefficient (Wildman–Crippen LogP) is 1.95. The molecule has 1 aromatic rings. The lowest BCUT2D eigenvalue weighted by Gasteiger charge is -2.12. The number of aryl methyl sites for hydroxylation is 1. The van der Waals surface area contributed by atoms with E-state index in [-0.39, 0.29) is 0 Å². The van der Waals surface area contributed by atoms with E-state index < -0.39 is 6.10 Å². The van der Waals surface area contributed by atoms with Crippen molar-refractivity contribution < 1.29 is 14.6 Å². The van der Waals surface area contributed by atoms with E-state index in [9.17, 15) is 5.11 Å². The number of ether oxygens (including phenoxy) is 2. The molecule has 0 saturated carbocycles. The van der Waals surface area contributed by atoms with E-state index in [1.165, 1.54) is 5.56 Å². The Kier molecular flexibility index (Phi) is 6.08. The first-order valence-electron chi connectivity index (χ1n) is 5.61. The maximum absolute atomic E-state index is 9.87. The summed E-state index contributed by atoms with van der Waals surface area (Å²) in [6.45, 7) is 3.49. The summed E-state index contributed by atoms with van der Waals surface area (Å²) in [6, 6.07) is 7.96. The molecule has 0 aliphatic heterocycles. The monoisotopic (exact) mass is 224 g/mol. The van der Waals surface area contributed by atoms with Gasteiger partial charge in [0.1, 0.15) is 6.10 Å². The van der Waals surface area contributed by atoms with Gasteiger partial charge in [-0.3, -0.25) is 0 Å². The average molecular weight is 224 g/mol. The van der Waals surface area contributed by atoms with Crippen molar-refractivity contribution in [3.8, 4) is 0 Å². The molecular formula is C13H20O3. The van der Waals surface area contributed by atoms with Crippen LogP contribution in [0.15, 0.2) is 24.3 Å². The predicted molar refractivity (Wildman–Crippen MR) is 63.5 cm³/mol. The fraction of sp³-hybridized carbons (Fsp3) is 0.538. The minimum absolute atomic E-state index is 0.316. The van der Waals surface area contributed by atoms with E-state index >= 15 is 0 Å². The summed E-state index contributed by atoms with van der Waals surface area (Å²) in [4.78, 5) is 0. The Hall–Kier alpha value is -0.900. The molecule has 1 aromatic carbocycles. The molecule has 0 spiro atoms. The Morgan fingerprint density at radius 3 is 2.81 bits per heavy atom. The van der Waals surface area contributed by atoms with Crippen molar-refractivity contribution in [2.75, 3.05) is 26.9 Å². The molecule has 0 amide bonds. The zero-order valence-corrected chi connectivity index (χ0v) is 9.98. The summed E-state index contributed by atoms with van der Waals surface area (Å²) in [5.74, 6) is 0. The highest BCUT2D eigenvalue weighted by atomic mass is 16.5. The van der Waals surface area contributed by atoms with Gasteiger partial charge in [0.25, 0.3) is 0 Å². The number of hydrogen-bond donors (Lipinski definition) is 1. The number of hydrogen-bond acceptors (Lipinski definition) is 3. The molecule has 90 valence electrons. The minimum Gasteiger partial charge on any atom is -0.386 e. The van der Waals surface area contributed by atoms with Gasteiger partial charge in [-0.05, 0) is 17.5 Å². The third kappa shape index (κ3) is 4.31. The van der Waals surface area contributed by atoms with Crippen LogP contribution in [0.3, 0.4) is 0 Å². The van der Waals surface area contributed by atoms with Crippen LogP contribution in [-0.2, 0) is 15.9 Å². The molecule has 3 heteroatoms. The van der Waals surface area contributed by atoms with Gasteiger partial charge in [0.15, 0.2) is 0 Å². The van der Waals surface area contributed by atoms with Gasteiger partial charge in [0.05, 0.1) is 19.8 Å². The number of aliphatic hydroxyl groups excluding tert-OH is 1. The molecule has 3 nitrogen and oxygen atoms in total. The van der Waals surface area contributed by atoms with E-state index in [0.717, 1.165) is 12.0 Å². The molecule has 0 aromatic heterocycles. The van der Waals surface area contributed by atoms with Gasteiger partial charge in [-0.15, -0.1) is 0 Å². The van der Waals surface area contributed by atoms with Crippen LogP contribution in [0.25, 0.3) is 0 Å². The lowest BCUT2D eigenvalue weighted by molar-refractivity contribution is 0.0126. The second kappa shape index (κ2) is 7.39. The Morgan fingerprint density at radius 1 is 1.31 bits per heavy atom. The van der Waals surface area contributed by atoms with E-state index in [4.69, 9.17) is 9.47 Å². The fourth-order valence-corrected chi connectivity index (χ4v) is 1.45. The summed E-state index contributed by atoms with van der Waals surface area (Å²) >= 11 is 0. The highest BCUT2D eigenvalue weighted by molar-refractivity contribution is 5.25. The van der Waals surface area contributed by atoms with Crippen molar-refractivity contribution in [2.45, 2.75) is 19.4 Å². The molecule has 0 heterocycles. The van der Waals surface area contributed by atoms with Crippen LogP contribution in [0.1, 0.15) is 24.2 Å². The van der Waals surface area contributed by atoms with E-state index in [0.29, 0.717) is 19.8 Å². The zero-order valence-electron chi connectivity index (χ0n) is 9.98. The van der Waals surface area contributed by atoms with Crippen LogP contribution in [0.4, 0.5) is 0 Å². The maximum Gasteiger partial charge on any atom is 0.102 e. The number of benzene rings is 1. The summed E-state index contributed by atoms with van der Waals surface area (Å²) in [5.41, 5.74) is 2.14. The fourth-order valence-electron chi connectivity index (χ4n) is 1.45. The van der Waals surface area contributed by atoms with Crippen molar-refractivity contribution in [3.63, 3.8) is 0 Å². The van der Waals surface area contributed by atoms with Gasteiger partial charge in [0.2, 0.25) is 0 Å². The standard InChI is InChI=1S/C13H20O3/c1-3-11-5-4-6-12(9-11)13(14)10-16-8-7-15-2/h4-6,9,13-14H,3,7-8,10H2,1-2H3. The molecule has 1 unspecified atom stereocenters. The lowest BCUT2D eigenvalue weighted by Crippen LogP contribution is -2.10. The topological polar surface area (TPSA) is 38.7 Å². The van der Waals surface area contributed by atoms with Gasteiger partial charge in [-0.25, -0.2) is 0 Å². The number of methoxy groups -OCH3 is 1. The second-order valence-corrected chi connectivity index (χ2v) is 3.68. The number of rotatable bonds is 7. The van der Waals surface area contributed by atoms with Gasteiger partial charge in [-0.2, -0.15) is 0 Å². The summed E-state index contributed by atoms with van der Waals surface area (Å²) < 4.78 is 10.1. The first kappa shape index (κ1) is 13.2. The van der Waals surface area contributed by atoms with Crippen LogP contribution in [0.5, 0.6) is 0 Å². The average Bonchev–Trinajstić information content (AvgIpc) is 2.34. The smallest absolute Gasteiger partial charge is 0.102 e. The van der Waals surface area contributed by atoms with Crippen molar-refractivity contribution in [1.29, 1.82) is 0 Å². The molecule has 0 fully saturated rings. The molecule has 1 N–H and O–H groups in total. The van der Waals surface area contributed by atoms with Crippen molar-refractivity contribution >= 4 is 0 Å². The quantitative estimate of drug-likeness (QED) is 0.719. The van der Waals surface area contributed by atoms with Gasteiger partial charge in [-0.1, -0.05) is 31.2 Å². The van der Waals surface area contributed by atoms with Gasteiger partial charge in [0, 0.05) is 7.11 Å². The van der Waals surface area contributed by atoms with Crippen molar-refractivity contribution in [1.82, 2.24) is 0 Å². The first-order valence-corrected chi connectivity index (χ1v) is 5.61. The minimum atomic E-state index is -0.552. The van der Waals surface area contributed by atoms with Crippen LogP contribution in [0, 0.1) is 0 Å². The largest absolute Gasteiger partial charge is 0.386 e. The molecule has 0 bridgehead atoms. The second-order valence-electron chi connectivity index (χ2n) is 3.68. The van der Waals surface area contributed by atoms with Gasteiger partial charge >= 0.3 is 0 Å². The Labute approximate surface area is 97.0 Å². The Morgan fingerprint density at radius 2 is 2.12 bits per heavy atom. The summed E-state index contributed by atoms with van der Waals surface area (Å²) in [6.07, 6.45) is 0.425. The summed E-state index contributed by atoms with van der Waals surface area (Å²) in [5, 5.41) is 9.87. The van der Waals surface area contributed by atoms with E-state index in [2.05, 4.69) is 13.0 Å².